The number of carbonyl (C=O) groups is 1. The molecule has 2 fully saturated rings. The third-order valence-corrected chi connectivity index (χ3v) is 2.97. The normalized spacial score (nSPS) is 24.4. The monoisotopic (exact) mass is 275 g/mol. The van der Waals surface area contributed by atoms with Crippen LogP contribution < -0.4 is 5.32 Å². The molecule has 3 nitrogen and oxygen atoms in total. The van der Waals surface area contributed by atoms with Crippen molar-refractivity contribution in [2.45, 2.75) is 31.4 Å². The maximum atomic E-state index is 13.3. The Hall–Kier alpha value is -0.920. The van der Waals surface area contributed by atoms with E-state index in [2.05, 4.69) is 5.32 Å². The van der Waals surface area contributed by atoms with Gasteiger partial charge in [0.15, 0.2) is 0 Å². The Morgan fingerprint density at radius 1 is 1.06 bits per heavy atom. The van der Waals surface area contributed by atoms with Crippen LogP contribution in [0.15, 0.2) is 0 Å². The molecule has 2 rings (SSSR count). The molecule has 0 aromatic rings. The summed E-state index contributed by atoms with van der Waals surface area (Å²) in [4.78, 5) is 8.90. The number of nitrogens with one attached hydrogen (secondary N) is 1. The van der Waals surface area contributed by atoms with Crippen LogP contribution in [0.25, 0.3) is 0 Å². The van der Waals surface area contributed by atoms with E-state index in [0.29, 0.717) is 13.0 Å². The minimum absolute atomic E-state index is 0.285. The minimum atomic E-state index is -5.08. The largest absolute Gasteiger partial charge is 0.490 e. The van der Waals surface area contributed by atoms with E-state index in [1.165, 1.54) is 0 Å². The zero-order valence-electron chi connectivity index (χ0n) is 9.44. The van der Waals surface area contributed by atoms with Crippen molar-refractivity contribution in [1.29, 1.82) is 0 Å². The summed E-state index contributed by atoms with van der Waals surface area (Å²) in [5.74, 6) is -5.79. The van der Waals surface area contributed by atoms with Gasteiger partial charge in [-0.1, -0.05) is 0 Å². The van der Waals surface area contributed by atoms with Crippen LogP contribution in [0.1, 0.15) is 19.3 Å². The summed E-state index contributed by atoms with van der Waals surface area (Å²) in [6.45, 7) is 1.29. The van der Waals surface area contributed by atoms with Crippen molar-refractivity contribution in [3.63, 3.8) is 0 Å². The van der Waals surface area contributed by atoms with E-state index in [9.17, 15) is 22.0 Å². The van der Waals surface area contributed by atoms with Gasteiger partial charge >= 0.3 is 12.1 Å². The lowest BCUT2D eigenvalue weighted by Gasteiger charge is -2.21. The maximum absolute atomic E-state index is 13.3. The molecule has 2 aliphatic rings. The van der Waals surface area contributed by atoms with Gasteiger partial charge in [0.1, 0.15) is 0 Å². The molecular formula is C10H14F5NO2. The molecule has 1 aliphatic carbocycles. The number of hydrogen-bond acceptors (Lipinski definition) is 2. The van der Waals surface area contributed by atoms with Crippen molar-refractivity contribution in [1.82, 2.24) is 5.32 Å². The van der Waals surface area contributed by atoms with E-state index in [1.807, 2.05) is 0 Å². The standard InChI is InChI=1S/C8H13F2N.C2HF3O2/c9-8(10,6-1-2-6)7-3-4-11-5-7;3-2(4,5)1(6)7/h6-7,11H,1-5H2;(H,6,7). The zero-order chi connectivity index (χ0) is 14.0. The number of carboxylic acids is 1. The lowest BCUT2D eigenvalue weighted by molar-refractivity contribution is -0.192. The Labute approximate surface area is 100 Å². The summed E-state index contributed by atoms with van der Waals surface area (Å²) in [6.07, 6.45) is -2.95. The highest BCUT2D eigenvalue weighted by Crippen LogP contribution is 2.48. The molecule has 8 heteroatoms. The van der Waals surface area contributed by atoms with Crippen molar-refractivity contribution in [3.05, 3.63) is 0 Å². The van der Waals surface area contributed by atoms with Crippen LogP contribution >= 0.6 is 0 Å². The third kappa shape index (κ3) is 4.08. The second-order valence-corrected chi connectivity index (χ2v) is 4.44. The molecule has 1 saturated heterocycles. The van der Waals surface area contributed by atoms with Crippen LogP contribution in [0.5, 0.6) is 0 Å². The molecule has 1 aliphatic heterocycles. The number of hydrogen-bond donors (Lipinski definition) is 2. The van der Waals surface area contributed by atoms with Crippen LogP contribution in [0.4, 0.5) is 22.0 Å². The number of rotatable bonds is 2. The van der Waals surface area contributed by atoms with Gasteiger partial charge in [-0.15, -0.1) is 0 Å². The van der Waals surface area contributed by atoms with Gasteiger partial charge in [-0.25, -0.2) is 13.6 Å². The molecule has 0 aromatic heterocycles. The predicted octanol–water partition coefficient (Wildman–Crippen LogP) is 2.27. The molecule has 0 bridgehead atoms. The fraction of sp³-hybridized carbons (Fsp3) is 0.900. The Balaban J connectivity index is 0.000000203. The molecule has 106 valence electrons. The van der Waals surface area contributed by atoms with Crippen molar-refractivity contribution < 1.29 is 31.9 Å². The Morgan fingerprint density at radius 2 is 1.56 bits per heavy atom. The summed E-state index contributed by atoms with van der Waals surface area (Å²) in [5, 5.41) is 10.1. The van der Waals surface area contributed by atoms with Gasteiger partial charge in [0.25, 0.3) is 5.92 Å². The molecule has 0 amide bonds. The van der Waals surface area contributed by atoms with E-state index < -0.39 is 18.1 Å². The first-order valence-electron chi connectivity index (χ1n) is 5.54. The lowest BCUT2D eigenvalue weighted by atomic mass is 9.97. The van der Waals surface area contributed by atoms with E-state index in [-0.39, 0.29) is 11.8 Å². The second-order valence-electron chi connectivity index (χ2n) is 4.44. The van der Waals surface area contributed by atoms with E-state index >= 15 is 0 Å². The van der Waals surface area contributed by atoms with Crippen molar-refractivity contribution in [2.24, 2.45) is 11.8 Å². The SMILES string of the molecule is FC(F)(C1CC1)C1CCNC1.O=C(O)C(F)(F)F. The number of aliphatic carboxylic acids is 1. The topological polar surface area (TPSA) is 49.3 Å². The van der Waals surface area contributed by atoms with Crippen LogP contribution in [-0.2, 0) is 4.79 Å². The number of carboxylic acid groups (broad SMARTS) is 1. The molecule has 2 N–H and O–H groups in total. The van der Waals surface area contributed by atoms with Crippen LogP contribution in [0.3, 0.4) is 0 Å². The molecular weight excluding hydrogens is 261 g/mol. The molecule has 18 heavy (non-hydrogen) atoms. The molecule has 0 radical (unpaired) electrons. The first-order chi connectivity index (χ1) is 8.15. The minimum Gasteiger partial charge on any atom is -0.475 e. The van der Waals surface area contributed by atoms with Crippen LogP contribution in [-0.4, -0.2) is 36.3 Å². The molecule has 1 heterocycles. The summed E-state index contributed by atoms with van der Waals surface area (Å²) < 4.78 is 58.3. The highest BCUT2D eigenvalue weighted by Gasteiger charge is 2.52. The average Bonchev–Trinajstić information content (AvgIpc) is 2.94. The van der Waals surface area contributed by atoms with Gasteiger partial charge in [0, 0.05) is 18.4 Å². The molecule has 0 spiro atoms. The van der Waals surface area contributed by atoms with Crippen molar-refractivity contribution in [3.8, 4) is 0 Å². The van der Waals surface area contributed by atoms with Crippen molar-refractivity contribution in [2.75, 3.05) is 13.1 Å². The number of halogens is 5. The summed E-state index contributed by atoms with van der Waals surface area (Å²) in [7, 11) is 0. The fourth-order valence-electron chi connectivity index (χ4n) is 1.78. The van der Waals surface area contributed by atoms with E-state index in [0.717, 1.165) is 19.4 Å². The summed E-state index contributed by atoms with van der Waals surface area (Å²) in [5.41, 5.74) is 0. The van der Waals surface area contributed by atoms with Gasteiger partial charge in [0.05, 0.1) is 0 Å². The zero-order valence-corrected chi connectivity index (χ0v) is 9.44. The van der Waals surface area contributed by atoms with Gasteiger partial charge in [-0.3, -0.25) is 0 Å². The Morgan fingerprint density at radius 3 is 1.83 bits per heavy atom. The van der Waals surface area contributed by atoms with Crippen molar-refractivity contribution >= 4 is 5.97 Å². The Kier molecular flexibility index (Phi) is 4.52. The number of alkyl halides is 5. The smallest absolute Gasteiger partial charge is 0.475 e. The molecule has 1 unspecified atom stereocenters. The highest BCUT2D eigenvalue weighted by atomic mass is 19.4. The van der Waals surface area contributed by atoms with Gasteiger partial charge < -0.3 is 10.4 Å². The first-order valence-corrected chi connectivity index (χ1v) is 5.54. The fourth-order valence-corrected chi connectivity index (χ4v) is 1.78. The highest BCUT2D eigenvalue weighted by molar-refractivity contribution is 5.73. The maximum Gasteiger partial charge on any atom is 0.490 e. The lowest BCUT2D eigenvalue weighted by Crippen LogP contribution is -2.32. The second kappa shape index (κ2) is 5.38. The quantitative estimate of drug-likeness (QED) is 0.760. The summed E-state index contributed by atoms with van der Waals surface area (Å²) >= 11 is 0. The Bertz CT molecular complexity index is 295. The molecule has 1 saturated carbocycles. The van der Waals surface area contributed by atoms with Crippen LogP contribution in [0, 0.1) is 11.8 Å². The van der Waals surface area contributed by atoms with E-state index in [4.69, 9.17) is 9.90 Å². The third-order valence-electron chi connectivity index (χ3n) is 2.97. The van der Waals surface area contributed by atoms with Gasteiger partial charge in [-0.2, -0.15) is 13.2 Å². The average molecular weight is 275 g/mol. The van der Waals surface area contributed by atoms with E-state index in [1.54, 1.807) is 0 Å². The van der Waals surface area contributed by atoms with Gasteiger partial charge in [0.2, 0.25) is 0 Å². The summed E-state index contributed by atoms with van der Waals surface area (Å²) in [6, 6.07) is 0. The first kappa shape index (κ1) is 15.1. The molecule has 1 atom stereocenters. The van der Waals surface area contributed by atoms with Crippen LogP contribution in [0.2, 0.25) is 0 Å². The van der Waals surface area contributed by atoms with Gasteiger partial charge in [-0.05, 0) is 25.8 Å². The predicted molar refractivity (Wildman–Crippen MR) is 52.3 cm³/mol. The molecule has 0 aromatic carbocycles.